The molecule has 1 aromatic carbocycles. The second kappa shape index (κ2) is 9.64. The molecule has 0 aliphatic heterocycles. The standard InChI is InChI=1S/C24H42O/c1-8-9-14-20(23(2,3)4)15-12-16-21(24(5,6)7)18-19-13-10-11-17-22(19)25/h10-11,13,17,20-21,25H,8-9,12,14-16,18H2,1-7H3. The van der Waals surface area contributed by atoms with Gasteiger partial charge < -0.3 is 5.11 Å². The summed E-state index contributed by atoms with van der Waals surface area (Å²) in [7, 11) is 0. The molecule has 0 fully saturated rings. The average Bonchev–Trinajstić information content (AvgIpc) is 2.49. The molecule has 0 aliphatic carbocycles. The Labute approximate surface area is 157 Å². The molecule has 0 amide bonds. The molecule has 1 N–H and O–H groups in total. The van der Waals surface area contributed by atoms with E-state index < -0.39 is 0 Å². The highest BCUT2D eigenvalue weighted by atomic mass is 16.3. The first-order valence-corrected chi connectivity index (χ1v) is 10.3. The minimum Gasteiger partial charge on any atom is -0.508 e. The summed E-state index contributed by atoms with van der Waals surface area (Å²) < 4.78 is 0. The largest absolute Gasteiger partial charge is 0.508 e. The number of hydrogen-bond donors (Lipinski definition) is 1. The van der Waals surface area contributed by atoms with Crippen LogP contribution in [-0.4, -0.2) is 5.11 Å². The van der Waals surface area contributed by atoms with Crippen molar-refractivity contribution in [3.05, 3.63) is 29.8 Å². The monoisotopic (exact) mass is 346 g/mol. The summed E-state index contributed by atoms with van der Waals surface area (Å²) in [6, 6.07) is 7.84. The first-order chi connectivity index (χ1) is 11.6. The highest BCUT2D eigenvalue weighted by molar-refractivity contribution is 5.32. The SMILES string of the molecule is CCCCC(CCCC(Cc1ccccc1O)C(C)(C)C)C(C)(C)C. The van der Waals surface area contributed by atoms with Crippen molar-refractivity contribution in [2.75, 3.05) is 0 Å². The summed E-state index contributed by atoms with van der Waals surface area (Å²) in [5.41, 5.74) is 1.77. The first-order valence-electron chi connectivity index (χ1n) is 10.3. The summed E-state index contributed by atoms with van der Waals surface area (Å²) in [6.07, 6.45) is 8.85. The molecule has 1 rings (SSSR count). The third-order valence-corrected chi connectivity index (χ3v) is 5.92. The zero-order valence-corrected chi connectivity index (χ0v) is 17.9. The van der Waals surface area contributed by atoms with E-state index in [1.807, 2.05) is 18.2 Å². The van der Waals surface area contributed by atoms with Gasteiger partial charge in [-0.05, 0) is 60.0 Å². The van der Waals surface area contributed by atoms with E-state index in [1.165, 1.54) is 38.5 Å². The van der Waals surface area contributed by atoms with Gasteiger partial charge in [0.2, 0.25) is 0 Å². The van der Waals surface area contributed by atoms with Crippen LogP contribution >= 0.6 is 0 Å². The molecule has 144 valence electrons. The van der Waals surface area contributed by atoms with Crippen molar-refractivity contribution in [2.45, 2.75) is 93.4 Å². The van der Waals surface area contributed by atoms with Crippen molar-refractivity contribution < 1.29 is 5.11 Å². The van der Waals surface area contributed by atoms with Crippen LogP contribution in [0, 0.1) is 22.7 Å². The quantitative estimate of drug-likeness (QED) is 0.487. The van der Waals surface area contributed by atoms with E-state index in [0.29, 0.717) is 17.1 Å². The maximum Gasteiger partial charge on any atom is 0.118 e. The van der Waals surface area contributed by atoms with Crippen LogP contribution in [0.1, 0.15) is 92.6 Å². The summed E-state index contributed by atoms with van der Waals surface area (Å²) in [5.74, 6) is 1.87. The van der Waals surface area contributed by atoms with Crippen LogP contribution in [0.5, 0.6) is 5.75 Å². The molecule has 0 bridgehead atoms. The molecule has 2 unspecified atom stereocenters. The van der Waals surface area contributed by atoms with Crippen LogP contribution in [-0.2, 0) is 6.42 Å². The third kappa shape index (κ3) is 7.84. The van der Waals surface area contributed by atoms with Crippen LogP contribution in [0.4, 0.5) is 0 Å². The molecule has 0 aliphatic rings. The van der Waals surface area contributed by atoms with Crippen molar-refractivity contribution >= 4 is 0 Å². The number of unbranched alkanes of at least 4 members (excludes halogenated alkanes) is 1. The Bertz CT molecular complexity index is 490. The number of phenols is 1. The fourth-order valence-corrected chi connectivity index (χ4v) is 3.86. The van der Waals surface area contributed by atoms with Crippen LogP contribution in [0.3, 0.4) is 0 Å². The molecule has 0 radical (unpaired) electrons. The van der Waals surface area contributed by atoms with Gasteiger partial charge in [0, 0.05) is 0 Å². The van der Waals surface area contributed by atoms with Crippen molar-refractivity contribution in [1.29, 1.82) is 0 Å². The van der Waals surface area contributed by atoms with E-state index in [-0.39, 0.29) is 5.41 Å². The molecule has 0 aromatic heterocycles. The Morgan fingerprint density at radius 2 is 1.32 bits per heavy atom. The lowest BCUT2D eigenvalue weighted by atomic mass is 9.71. The van der Waals surface area contributed by atoms with Crippen LogP contribution in [0.2, 0.25) is 0 Å². The minimum absolute atomic E-state index is 0.267. The molecular formula is C24H42O. The van der Waals surface area contributed by atoms with Gasteiger partial charge in [-0.25, -0.2) is 0 Å². The summed E-state index contributed by atoms with van der Waals surface area (Å²) in [5, 5.41) is 10.1. The van der Waals surface area contributed by atoms with E-state index >= 15 is 0 Å². The topological polar surface area (TPSA) is 20.2 Å². The van der Waals surface area contributed by atoms with Crippen molar-refractivity contribution in [2.24, 2.45) is 22.7 Å². The highest BCUT2D eigenvalue weighted by Gasteiger charge is 2.27. The maximum absolute atomic E-state index is 10.1. The van der Waals surface area contributed by atoms with E-state index in [2.05, 4.69) is 54.5 Å². The first kappa shape index (κ1) is 22.1. The molecule has 0 heterocycles. The zero-order valence-electron chi connectivity index (χ0n) is 17.9. The Morgan fingerprint density at radius 3 is 1.84 bits per heavy atom. The van der Waals surface area contributed by atoms with E-state index in [0.717, 1.165) is 17.9 Å². The lowest BCUT2D eigenvalue weighted by Gasteiger charge is -2.34. The van der Waals surface area contributed by atoms with E-state index in [1.54, 1.807) is 0 Å². The number of hydrogen-bond acceptors (Lipinski definition) is 1. The smallest absolute Gasteiger partial charge is 0.118 e. The molecule has 25 heavy (non-hydrogen) atoms. The number of phenolic OH excluding ortho intramolecular Hbond substituents is 1. The number of para-hydroxylation sites is 1. The molecule has 0 spiro atoms. The Morgan fingerprint density at radius 1 is 0.800 bits per heavy atom. The van der Waals surface area contributed by atoms with Crippen LogP contribution < -0.4 is 0 Å². The predicted octanol–water partition coefficient (Wildman–Crippen LogP) is 7.62. The van der Waals surface area contributed by atoms with Crippen molar-refractivity contribution in [3.8, 4) is 5.75 Å². The normalized spacial score (nSPS) is 15.2. The molecule has 1 heteroatoms. The third-order valence-electron chi connectivity index (χ3n) is 5.92. The summed E-state index contributed by atoms with van der Waals surface area (Å²) in [6.45, 7) is 16.5. The van der Waals surface area contributed by atoms with E-state index in [4.69, 9.17) is 0 Å². The van der Waals surface area contributed by atoms with Crippen LogP contribution in [0.15, 0.2) is 24.3 Å². The summed E-state index contributed by atoms with van der Waals surface area (Å²) in [4.78, 5) is 0. The fourth-order valence-electron chi connectivity index (χ4n) is 3.86. The van der Waals surface area contributed by atoms with E-state index in [9.17, 15) is 5.11 Å². The Hall–Kier alpha value is -0.980. The van der Waals surface area contributed by atoms with Gasteiger partial charge in [0.25, 0.3) is 0 Å². The highest BCUT2D eigenvalue weighted by Crippen LogP contribution is 2.38. The molecule has 0 saturated carbocycles. The number of rotatable bonds is 9. The van der Waals surface area contributed by atoms with Gasteiger partial charge in [0.15, 0.2) is 0 Å². The molecule has 1 aromatic rings. The van der Waals surface area contributed by atoms with Gasteiger partial charge in [-0.3, -0.25) is 0 Å². The maximum atomic E-state index is 10.1. The second-order valence-corrected chi connectivity index (χ2v) is 10.0. The predicted molar refractivity (Wildman–Crippen MR) is 111 cm³/mol. The lowest BCUT2D eigenvalue weighted by Crippen LogP contribution is -2.24. The molecular weight excluding hydrogens is 304 g/mol. The minimum atomic E-state index is 0.267. The van der Waals surface area contributed by atoms with Gasteiger partial charge in [-0.15, -0.1) is 0 Å². The fraction of sp³-hybridized carbons (Fsp3) is 0.750. The van der Waals surface area contributed by atoms with Crippen LogP contribution in [0.25, 0.3) is 0 Å². The Balaban J connectivity index is 2.68. The zero-order chi connectivity index (χ0) is 19.1. The van der Waals surface area contributed by atoms with Gasteiger partial charge in [-0.1, -0.05) is 85.9 Å². The van der Waals surface area contributed by atoms with Gasteiger partial charge in [0.05, 0.1) is 0 Å². The molecule has 0 saturated heterocycles. The number of aromatic hydroxyl groups is 1. The lowest BCUT2D eigenvalue weighted by molar-refractivity contribution is 0.178. The summed E-state index contributed by atoms with van der Waals surface area (Å²) >= 11 is 0. The van der Waals surface area contributed by atoms with Crippen molar-refractivity contribution in [1.82, 2.24) is 0 Å². The number of benzene rings is 1. The van der Waals surface area contributed by atoms with Gasteiger partial charge in [-0.2, -0.15) is 0 Å². The Kier molecular flexibility index (Phi) is 8.51. The average molecular weight is 347 g/mol. The molecule has 1 nitrogen and oxygen atoms in total. The second-order valence-electron chi connectivity index (χ2n) is 10.0. The van der Waals surface area contributed by atoms with Crippen molar-refractivity contribution in [3.63, 3.8) is 0 Å². The van der Waals surface area contributed by atoms with Gasteiger partial charge >= 0.3 is 0 Å². The van der Waals surface area contributed by atoms with Gasteiger partial charge in [0.1, 0.15) is 5.75 Å². The molecule has 2 atom stereocenters.